The number of nitrogens with one attached hydrogen (secondary N) is 1. The molecule has 2 aliphatic rings. The molecule has 4 nitrogen and oxygen atoms in total. The van der Waals surface area contributed by atoms with Gasteiger partial charge in [0, 0.05) is 12.6 Å². The van der Waals surface area contributed by atoms with Crippen molar-refractivity contribution in [2.75, 3.05) is 19.8 Å². The molecule has 1 N–H and O–H groups in total. The molecule has 0 bridgehead atoms. The molecule has 16 heavy (non-hydrogen) atoms. The first-order valence-corrected chi connectivity index (χ1v) is 5.90. The Balaban J connectivity index is 2.21. The zero-order chi connectivity index (χ0) is 12.0. The summed E-state index contributed by atoms with van der Waals surface area (Å²) in [6, 6.07) is 0.0815. The Kier molecular flexibility index (Phi) is 2.85. The highest BCUT2D eigenvalue weighted by molar-refractivity contribution is 5.92. The molecule has 2 fully saturated rings. The average molecular weight is 227 g/mol. The highest BCUT2D eigenvalue weighted by Crippen LogP contribution is 2.41. The van der Waals surface area contributed by atoms with Crippen LogP contribution in [0.5, 0.6) is 0 Å². The Morgan fingerprint density at radius 1 is 1.31 bits per heavy atom. The van der Waals surface area contributed by atoms with Crippen LogP contribution in [0.25, 0.3) is 0 Å². The van der Waals surface area contributed by atoms with Crippen molar-refractivity contribution in [3.63, 3.8) is 0 Å². The number of hydrogen-bond acceptors (Lipinski definition) is 4. The topological polar surface area (TPSA) is 47.6 Å². The number of hydrogen-bond donors (Lipinski definition) is 1. The molecule has 0 aliphatic carbocycles. The van der Waals surface area contributed by atoms with Crippen LogP contribution in [-0.4, -0.2) is 42.8 Å². The van der Waals surface area contributed by atoms with Crippen LogP contribution in [0.3, 0.4) is 0 Å². The number of ketones is 1. The smallest absolute Gasteiger partial charge is 0.171 e. The van der Waals surface area contributed by atoms with E-state index in [1.165, 1.54) is 0 Å². The third-order valence-corrected chi connectivity index (χ3v) is 3.50. The molecule has 2 heterocycles. The summed E-state index contributed by atoms with van der Waals surface area (Å²) >= 11 is 0. The summed E-state index contributed by atoms with van der Waals surface area (Å²) < 4.78 is 11.3. The van der Waals surface area contributed by atoms with Crippen LogP contribution in [0.4, 0.5) is 0 Å². The second kappa shape index (κ2) is 3.79. The van der Waals surface area contributed by atoms with Crippen molar-refractivity contribution < 1.29 is 14.3 Å². The predicted molar refractivity (Wildman–Crippen MR) is 60.3 cm³/mol. The first-order chi connectivity index (χ1) is 7.34. The van der Waals surface area contributed by atoms with E-state index in [0.717, 1.165) is 13.2 Å². The lowest BCUT2D eigenvalue weighted by Crippen LogP contribution is -2.53. The number of carbonyl (C=O) groups excluding carboxylic acids is 1. The fourth-order valence-corrected chi connectivity index (χ4v) is 2.93. The molecule has 0 aromatic carbocycles. The lowest BCUT2D eigenvalue weighted by Gasteiger charge is -2.34. The van der Waals surface area contributed by atoms with E-state index in [9.17, 15) is 4.79 Å². The van der Waals surface area contributed by atoms with E-state index in [1.807, 2.05) is 27.7 Å². The summed E-state index contributed by atoms with van der Waals surface area (Å²) in [5, 5.41) is 3.36. The molecule has 0 saturated carbocycles. The van der Waals surface area contributed by atoms with Crippen LogP contribution in [0.1, 0.15) is 27.7 Å². The van der Waals surface area contributed by atoms with Gasteiger partial charge >= 0.3 is 0 Å². The molecule has 4 heteroatoms. The van der Waals surface area contributed by atoms with Crippen LogP contribution in [-0.2, 0) is 14.3 Å². The molecular weight excluding hydrogens is 206 g/mol. The fourth-order valence-electron chi connectivity index (χ4n) is 2.93. The third-order valence-electron chi connectivity index (χ3n) is 3.50. The lowest BCUT2D eigenvalue weighted by atomic mass is 9.80. The van der Waals surface area contributed by atoms with E-state index >= 15 is 0 Å². The number of rotatable bonds is 1. The van der Waals surface area contributed by atoms with Crippen molar-refractivity contribution in [2.45, 2.75) is 44.9 Å². The third kappa shape index (κ3) is 1.90. The van der Waals surface area contributed by atoms with E-state index in [2.05, 4.69) is 5.32 Å². The maximum atomic E-state index is 12.3. The van der Waals surface area contributed by atoms with Gasteiger partial charge in [-0.05, 0) is 27.7 Å². The standard InChI is InChI=1S/C12H21NO3/c1-11(2)9(8-7-15-6-5-13-8)10(14)12(3,4)16-11/h8-9,13H,5-7H2,1-4H3. The molecule has 0 amide bonds. The second-order valence-corrected chi connectivity index (χ2v) is 5.69. The van der Waals surface area contributed by atoms with Crippen molar-refractivity contribution in [1.82, 2.24) is 5.32 Å². The normalized spacial score (nSPS) is 37.6. The summed E-state index contributed by atoms with van der Waals surface area (Å²) in [5.41, 5.74) is -1.09. The maximum absolute atomic E-state index is 12.3. The SMILES string of the molecule is CC1(C)OC(C)(C)C(C2COCCN2)C1=O. The van der Waals surface area contributed by atoms with E-state index < -0.39 is 11.2 Å². The van der Waals surface area contributed by atoms with Gasteiger partial charge in [-0.3, -0.25) is 4.79 Å². The van der Waals surface area contributed by atoms with Crippen molar-refractivity contribution in [3.05, 3.63) is 0 Å². The largest absolute Gasteiger partial charge is 0.378 e. The first kappa shape index (κ1) is 12.0. The van der Waals surface area contributed by atoms with Crippen LogP contribution < -0.4 is 5.32 Å². The molecule has 2 atom stereocenters. The molecule has 2 saturated heterocycles. The average Bonchev–Trinajstić information content (AvgIpc) is 2.33. The first-order valence-electron chi connectivity index (χ1n) is 5.90. The maximum Gasteiger partial charge on any atom is 0.171 e. The van der Waals surface area contributed by atoms with E-state index in [4.69, 9.17) is 9.47 Å². The second-order valence-electron chi connectivity index (χ2n) is 5.69. The molecule has 2 rings (SSSR count). The lowest BCUT2D eigenvalue weighted by molar-refractivity contribution is -0.132. The predicted octanol–water partition coefficient (Wildman–Crippen LogP) is 0.747. The molecule has 0 aromatic rings. The molecule has 0 aromatic heterocycles. The van der Waals surface area contributed by atoms with Crippen LogP contribution in [0.2, 0.25) is 0 Å². The van der Waals surface area contributed by atoms with Gasteiger partial charge in [0.05, 0.1) is 24.7 Å². The number of morpholine rings is 1. The number of ether oxygens (including phenoxy) is 2. The van der Waals surface area contributed by atoms with Gasteiger partial charge in [-0.15, -0.1) is 0 Å². The minimum atomic E-state index is -0.673. The van der Waals surface area contributed by atoms with Gasteiger partial charge in [-0.25, -0.2) is 0 Å². The van der Waals surface area contributed by atoms with E-state index in [0.29, 0.717) is 6.61 Å². The number of Topliss-reactive ketones (excluding diaryl/α,β-unsaturated/α-hetero) is 1. The molecule has 0 spiro atoms. The quantitative estimate of drug-likeness (QED) is 0.718. The van der Waals surface area contributed by atoms with Crippen molar-refractivity contribution in [2.24, 2.45) is 5.92 Å². The molecular formula is C12H21NO3. The van der Waals surface area contributed by atoms with Gasteiger partial charge in [0.1, 0.15) is 5.60 Å². The summed E-state index contributed by atoms with van der Waals surface area (Å²) in [7, 11) is 0. The Labute approximate surface area is 96.7 Å². The molecule has 2 aliphatic heterocycles. The van der Waals surface area contributed by atoms with Crippen molar-refractivity contribution in [1.29, 1.82) is 0 Å². The Morgan fingerprint density at radius 2 is 2.00 bits per heavy atom. The van der Waals surface area contributed by atoms with E-state index in [-0.39, 0.29) is 17.7 Å². The Morgan fingerprint density at radius 3 is 2.44 bits per heavy atom. The molecule has 0 radical (unpaired) electrons. The minimum Gasteiger partial charge on any atom is -0.378 e. The zero-order valence-electron chi connectivity index (χ0n) is 10.5. The van der Waals surface area contributed by atoms with Gasteiger partial charge in [0.25, 0.3) is 0 Å². The van der Waals surface area contributed by atoms with E-state index in [1.54, 1.807) is 0 Å². The fraction of sp³-hybridized carbons (Fsp3) is 0.917. The van der Waals surface area contributed by atoms with Gasteiger partial charge in [-0.2, -0.15) is 0 Å². The monoisotopic (exact) mass is 227 g/mol. The van der Waals surface area contributed by atoms with Crippen LogP contribution in [0.15, 0.2) is 0 Å². The van der Waals surface area contributed by atoms with Gasteiger partial charge in [0.15, 0.2) is 5.78 Å². The minimum absolute atomic E-state index is 0.0815. The van der Waals surface area contributed by atoms with Gasteiger partial charge in [0.2, 0.25) is 0 Å². The van der Waals surface area contributed by atoms with Gasteiger partial charge in [-0.1, -0.05) is 0 Å². The zero-order valence-corrected chi connectivity index (χ0v) is 10.5. The van der Waals surface area contributed by atoms with Gasteiger partial charge < -0.3 is 14.8 Å². The van der Waals surface area contributed by atoms with Crippen molar-refractivity contribution >= 4 is 5.78 Å². The number of carbonyl (C=O) groups is 1. The highest BCUT2D eigenvalue weighted by atomic mass is 16.5. The molecule has 92 valence electrons. The van der Waals surface area contributed by atoms with Crippen molar-refractivity contribution in [3.8, 4) is 0 Å². The molecule has 2 unspecified atom stereocenters. The summed E-state index contributed by atoms with van der Waals surface area (Å²) in [6.07, 6.45) is 0. The Bertz CT molecular complexity index is 293. The Hall–Kier alpha value is -0.450. The highest BCUT2D eigenvalue weighted by Gasteiger charge is 2.56. The van der Waals surface area contributed by atoms with Crippen LogP contribution >= 0.6 is 0 Å². The summed E-state index contributed by atoms with van der Waals surface area (Å²) in [5.74, 6) is 0.0586. The van der Waals surface area contributed by atoms with Crippen LogP contribution in [0, 0.1) is 5.92 Å². The summed E-state index contributed by atoms with van der Waals surface area (Å²) in [4.78, 5) is 12.3. The summed E-state index contributed by atoms with van der Waals surface area (Å²) in [6.45, 7) is 9.80.